The molecule has 0 spiro atoms. The molecule has 0 radical (unpaired) electrons. The van der Waals surface area contributed by atoms with Gasteiger partial charge in [-0.1, -0.05) is 0 Å². The first-order valence-electron chi connectivity index (χ1n) is 5.60. The Morgan fingerprint density at radius 1 is 1.22 bits per heavy atom. The van der Waals surface area contributed by atoms with Crippen molar-refractivity contribution >= 4 is 23.0 Å². The van der Waals surface area contributed by atoms with Crippen LogP contribution in [-0.2, 0) is 6.54 Å². The number of hydrogen-bond acceptors (Lipinski definition) is 7. The molecule has 0 unspecified atom stereocenters. The maximum Gasteiger partial charge on any atom is 0.204 e. The molecule has 2 N–H and O–H groups in total. The lowest BCUT2D eigenvalue weighted by Crippen LogP contribution is -2.08. The number of hydrogen-bond donors (Lipinski definition) is 2. The predicted molar refractivity (Wildman–Crippen MR) is 72.2 cm³/mol. The van der Waals surface area contributed by atoms with E-state index in [1.165, 1.54) is 6.33 Å². The third-order valence-electron chi connectivity index (χ3n) is 2.24. The van der Waals surface area contributed by atoms with Gasteiger partial charge in [0.05, 0.1) is 13.7 Å². The fourth-order valence-electron chi connectivity index (χ4n) is 1.49. The van der Waals surface area contributed by atoms with Gasteiger partial charge < -0.3 is 15.4 Å². The van der Waals surface area contributed by atoms with Gasteiger partial charge in [0.2, 0.25) is 5.75 Å². The van der Waals surface area contributed by atoms with Crippen LogP contribution in [0.1, 0.15) is 11.9 Å². The van der Waals surface area contributed by atoms with Gasteiger partial charge in [-0.15, -0.1) is 11.3 Å². The summed E-state index contributed by atoms with van der Waals surface area (Å²) >= 11 is 1.60. The molecule has 7 heteroatoms. The van der Waals surface area contributed by atoms with Crippen molar-refractivity contribution in [1.29, 1.82) is 0 Å². The summed E-state index contributed by atoms with van der Waals surface area (Å²) < 4.78 is 5.33. The van der Waals surface area contributed by atoms with E-state index in [-0.39, 0.29) is 0 Å². The molecular weight excluding hydrogens is 250 g/mol. The number of ether oxygens (including phenoxy) is 1. The SMILES string of the molecule is CCNc1ncnc(NCc2nccs2)c1OC. The van der Waals surface area contributed by atoms with Crippen LogP contribution in [0.5, 0.6) is 5.75 Å². The Hall–Kier alpha value is -1.89. The molecule has 0 aromatic carbocycles. The lowest BCUT2D eigenvalue weighted by atomic mass is 10.4. The monoisotopic (exact) mass is 265 g/mol. The number of aromatic nitrogens is 3. The van der Waals surface area contributed by atoms with E-state index in [0.29, 0.717) is 23.9 Å². The second-order valence-corrected chi connectivity index (χ2v) is 4.39. The first kappa shape index (κ1) is 12.6. The van der Waals surface area contributed by atoms with Crippen molar-refractivity contribution in [3.8, 4) is 5.75 Å². The minimum absolute atomic E-state index is 0.621. The molecule has 96 valence electrons. The molecule has 0 amide bonds. The number of thiazole rings is 1. The number of methoxy groups -OCH3 is 1. The predicted octanol–water partition coefficient (Wildman–Crippen LogP) is 1.99. The van der Waals surface area contributed by atoms with Crippen molar-refractivity contribution in [2.75, 3.05) is 24.3 Å². The number of nitrogens with one attached hydrogen (secondary N) is 2. The Bertz CT molecular complexity index is 488. The van der Waals surface area contributed by atoms with Crippen molar-refractivity contribution in [1.82, 2.24) is 15.0 Å². The lowest BCUT2D eigenvalue weighted by molar-refractivity contribution is 0.414. The Morgan fingerprint density at radius 3 is 2.61 bits per heavy atom. The smallest absolute Gasteiger partial charge is 0.204 e. The molecule has 0 aliphatic carbocycles. The maximum absolute atomic E-state index is 5.33. The second-order valence-electron chi connectivity index (χ2n) is 3.41. The fraction of sp³-hybridized carbons (Fsp3) is 0.364. The van der Waals surface area contributed by atoms with E-state index in [2.05, 4.69) is 25.6 Å². The molecular formula is C11H15N5OS. The molecule has 2 aromatic heterocycles. The summed E-state index contributed by atoms with van der Waals surface area (Å²) in [6, 6.07) is 0. The van der Waals surface area contributed by atoms with E-state index in [1.807, 2.05) is 12.3 Å². The van der Waals surface area contributed by atoms with Crippen LogP contribution >= 0.6 is 11.3 Å². The Morgan fingerprint density at radius 2 is 2.00 bits per heavy atom. The van der Waals surface area contributed by atoms with Gasteiger partial charge in [0.25, 0.3) is 0 Å². The first-order valence-corrected chi connectivity index (χ1v) is 6.48. The van der Waals surface area contributed by atoms with Gasteiger partial charge >= 0.3 is 0 Å². The van der Waals surface area contributed by atoms with Crippen LogP contribution in [0, 0.1) is 0 Å². The third kappa shape index (κ3) is 2.86. The third-order valence-corrected chi connectivity index (χ3v) is 3.02. The van der Waals surface area contributed by atoms with Gasteiger partial charge in [0, 0.05) is 18.1 Å². The second kappa shape index (κ2) is 6.15. The molecule has 0 atom stereocenters. The molecule has 0 aliphatic rings. The lowest BCUT2D eigenvalue weighted by Gasteiger charge is -2.12. The van der Waals surface area contributed by atoms with Gasteiger partial charge in [-0.2, -0.15) is 0 Å². The topological polar surface area (TPSA) is 72.0 Å². The molecule has 2 rings (SSSR count). The van der Waals surface area contributed by atoms with E-state index in [0.717, 1.165) is 11.6 Å². The van der Waals surface area contributed by atoms with Crippen molar-refractivity contribution in [3.63, 3.8) is 0 Å². The van der Waals surface area contributed by atoms with Crippen molar-refractivity contribution < 1.29 is 4.74 Å². The summed E-state index contributed by atoms with van der Waals surface area (Å²) in [6.07, 6.45) is 3.29. The summed E-state index contributed by atoms with van der Waals surface area (Å²) in [6.45, 7) is 3.40. The zero-order valence-electron chi connectivity index (χ0n) is 10.3. The van der Waals surface area contributed by atoms with Crippen molar-refractivity contribution in [2.24, 2.45) is 0 Å². The van der Waals surface area contributed by atoms with Crippen LogP contribution < -0.4 is 15.4 Å². The average molecular weight is 265 g/mol. The Labute approximate surface area is 109 Å². The summed E-state index contributed by atoms with van der Waals surface area (Å²) in [5.41, 5.74) is 0. The number of nitrogens with zero attached hydrogens (tertiary/aromatic N) is 3. The number of rotatable bonds is 6. The highest BCUT2D eigenvalue weighted by molar-refractivity contribution is 7.09. The molecule has 0 saturated heterocycles. The minimum atomic E-state index is 0.621. The van der Waals surface area contributed by atoms with E-state index >= 15 is 0 Å². The largest absolute Gasteiger partial charge is 0.490 e. The van der Waals surface area contributed by atoms with Gasteiger partial charge in [-0.25, -0.2) is 15.0 Å². The molecule has 0 saturated carbocycles. The highest BCUT2D eigenvalue weighted by atomic mass is 32.1. The van der Waals surface area contributed by atoms with Crippen LogP contribution in [0.4, 0.5) is 11.6 Å². The molecule has 18 heavy (non-hydrogen) atoms. The minimum Gasteiger partial charge on any atom is -0.490 e. The zero-order chi connectivity index (χ0) is 12.8. The number of anilines is 2. The first-order chi connectivity index (χ1) is 8.85. The zero-order valence-corrected chi connectivity index (χ0v) is 11.1. The quantitative estimate of drug-likeness (QED) is 0.832. The Balaban J connectivity index is 2.13. The maximum atomic E-state index is 5.33. The van der Waals surface area contributed by atoms with E-state index in [9.17, 15) is 0 Å². The van der Waals surface area contributed by atoms with Crippen LogP contribution in [-0.4, -0.2) is 28.6 Å². The summed E-state index contributed by atoms with van der Waals surface area (Å²) in [5.74, 6) is 1.98. The molecule has 0 fully saturated rings. The van der Waals surface area contributed by atoms with Gasteiger partial charge in [0.15, 0.2) is 11.6 Å². The van der Waals surface area contributed by atoms with E-state index < -0.39 is 0 Å². The highest BCUT2D eigenvalue weighted by Gasteiger charge is 2.11. The molecule has 2 aromatic rings. The molecule has 0 bridgehead atoms. The molecule has 0 aliphatic heterocycles. The van der Waals surface area contributed by atoms with Gasteiger partial charge in [-0.05, 0) is 6.92 Å². The van der Waals surface area contributed by atoms with Crippen LogP contribution in [0.25, 0.3) is 0 Å². The molecule has 2 heterocycles. The Kier molecular flexibility index (Phi) is 4.30. The van der Waals surface area contributed by atoms with Crippen molar-refractivity contribution in [3.05, 3.63) is 22.9 Å². The summed E-state index contributed by atoms with van der Waals surface area (Å²) in [4.78, 5) is 12.5. The van der Waals surface area contributed by atoms with E-state index in [4.69, 9.17) is 4.74 Å². The molecule has 6 nitrogen and oxygen atoms in total. The summed E-state index contributed by atoms with van der Waals surface area (Å²) in [5, 5.41) is 9.27. The van der Waals surface area contributed by atoms with Crippen LogP contribution in [0.3, 0.4) is 0 Å². The van der Waals surface area contributed by atoms with Crippen LogP contribution in [0.2, 0.25) is 0 Å². The van der Waals surface area contributed by atoms with Crippen molar-refractivity contribution in [2.45, 2.75) is 13.5 Å². The summed E-state index contributed by atoms with van der Waals surface area (Å²) in [7, 11) is 1.61. The fourth-order valence-corrected chi connectivity index (χ4v) is 2.04. The van der Waals surface area contributed by atoms with Gasteiger partial charge in [0.1, 0.15) is 11.3 Å². The highest BCUT2D eigenvalue weighted by Crippen LogP contribution is 2.29. The van der Waals surface area contributed by atoms with Crippen LogP contribution in [0.15, 0.2) is 17.9 Å². The standard InChI is InChI=1S/C11H15N5OS/c1-3-12-10-9(17-2)11(16-7-15-10)14-6-8-13-4-5-18-8/h4-5,7H,3,6H2,1-2H3,(H2,12,14,15,16). The average Bonchev–Trinajstić information content (AvgIpc) is 2.90. The van der Waals surface area contributed by atoms with Gasteiger partial charge in [-0.3, -0.25) is 0 Å². The van der Waals surface area contributed by atoms with E-state index in [1.54, 1.807) is 24.6 Å². The normalized spacial score (nSPS) is 10.1.